The molecule has 2 rings (SSSR count). The highest BCUT2D eigenvalue weighted by Gasteiger charge is 2.30. The number of methoxy groups -OCH3 is 1. The van der Waals surface area contributed by atoms with Crippen molar-refractivity contribution in [2.75, 3.05) is 13.7 Å². The number of aliphatic carboxylic acids is 1. The standard InChI is InChI=1S/C19H26N2O6/c1-11(2)20-17(22)10-27-15-7-5-12(9-16(15)26-3)18(23)21-14-6-4-13(8-14)19(24)25/h5,7,9,11,13-14H,4,6,8,10H2,1-3H3,(H,20,22)(H,21,23)(H,24,25)/t13-,14+/m0/s1. The fourth-order valence-corrected chi connectivity index (χ4v) is 3.04. The number of amides is 2. The minimum absolute atomic E-state index is 0.0189. The average molecular weight is 378 g/mol. The number of carboxylic acid groups (broad SMARTS) is 1. The van der Waals surface area contributed by atoms with Gasteiger partial charge in [-0.15, -0.1) is 0 Å². The molecule has 3 N–H and O–H groups in total. The average Bonchev–Trinajstić information content (AvgIpc) is 3.08. The number of carbonyl (C=O) groups excluding carboxylic acids is 2. The molecule has 1 fully saturated rings. The number of carbonyl (C=O) groups is 3. The first kappa shape index (κ1) is 20.5. The van der Waals surface area contributed by atoms with Crippen molar-refractivity contribution in [1.82, 2.24) is 10.6 Å². The quantitative estimate of drug-likeness (QED) is 0.633. The molecule has 1 aromatic carbocycles. The van der Waals surface area contributed by atoms with Crippen molar-refractivity contribution in [3.63, 3.8) is 0 Å². The van der Waals surface area contributed by atoms with Crippen molar-refractivity contribution in [3.05, 3.63) is 23.8 Å². The summed E-state index contributed by atoms with van der Waals surface area (Å²) in [6, 6.07) is 4.56. The third-order valence-corrected chi connectivity index (χ3v) is 4.35. The highest BCUT2D eigenvalue weighted by Crippen LogP contribution is 2.29. The molecule has 0 unspecified atom stereocenters. The van der Waals surface area contributed by atoms with Crippen LogP contribution in [-0.2, 0) is 9.59 Å². The van der Waals surface area contributed by atoms with Gasteiger partial charge in [0.05, 0.1) is 13.0 Å². The molecule has 1 saturated carbocycles. The second-order valence-corrected chi connectivity index (χ2v) is 6.90. The number of nitrogens with one attached hydrogen (secondary N) is 2. The van der Waals surface area contributed by atoms with Crippen LogP contribution in [0.15, 0.2) is 18.2 Å². The summed E-state index contributed by atoms with van der Waals surface area (Å²) in [5.74, 6) is -1.07. The van der Waals surface area contributed by atoms with Crippen LogP contribution in [0.1, 0.15) is 43.5 Å². The molecule has 2 amide bonds. The monoisotopic (exact) mass is 378 g/mol. The molecule has 0 aromatic heterocycles. The number of hydrogen-bond acceptors (Lipinski definition) is 5. The lowest BCUT2D eigenvalue weighted by Gasteiger charge is -2.15. The van der Waals surface area contributed by atoms with E-state index in [4.69, 9.17) is 14.6 Å². The van der Waals surface area contributed by atoms with Gasteiger partial charge in [0.1, 0.15) is 0 Å². The molecule has 148 valence electrons. The SMILES string of the molecule is COc1cc(C(=O)N[C@@H]2CC[C@H](C(=O)O)C2)ccc1OCC(=O)NC(C)C. The first-order valence-electron chi connectivity index (χ1n) is 8.94. The summed E-state index contributed by atoms with van der Waals surface area (Å²) in [6.07, 6.45) is 1.64. The highest BCUT2D eigenvalue weighted by atomic mass is 16.5. The van der Waals surface area contributed by atoms with Gasteiger partial charge in [-0.2, -0.15) is 0 Å². The fourth-order valence-electron chi connectivity index (χ4n) is 3.04. The first-order valence-corrected chi connectivity index (χ1v) is 8.94. The van der Waals surface area contributed by atoms with E-state index in [2.05, 4.69) is 10.6 Å². The Kier molecular flexibility index (Phi) is 7.04. The number of benzene rings is 1. The molecule has 1 aliphatic carbocycles. The molecule has 0 radical (unpaired) electrons. The Bertz CT molecular complexity index is 703. The zero-order chi connectivity index (χ0) is 20.0. The van der Waals surface area contributed by atoms with Crippen molar-refractivity contribution in [2.45, 2.75) is 45.2 Å². The van der Waals surface area contributed by atoms with Crippen LogP contribution < -0.4 is 20.1 Å². The maximum absolute atomic E-state index is 12.4. The van der Waals surface area contributed by atoms with Gasteiger partial charge in [-0.1, -0.05) is 0 Å². The normalized spacial score (nSPS) is 18.8. The summed E-state index contributed by atoms with van der Waals surface area (Å²) in [6.45, 7) is 3.56. The van der Waals surface area contributed by atoms with Crippen LogP contribution in [0.25, 0.3) is 0 Å². The van der Waals surface area contributed by atoms with Crippen molar-refractivity contribution in [3.8, 4) is 11.5 Å². The van der Waals surface area contributed by atoms with Gasteiger partial charge in [0.2, 0.25) is 0 Å². The Morgan fingerprint density at radius 3 is 2.56 bits per heavy atom. The summed E-state index contributed by atoms with van der Waals surface area (Å²) in [5.41, 5.74) is 0.379. The molecule has 8 nitrogen and oxygen atoms in total. The van der Waals surface area contributed by atoms with Crippen LogP contribution in [0.2, 0.25) is 0 Å². The van der Waals surface area contributed by atoms with E-state index < -0.39 is 11.9 Å². The molecular formula is C19H26N2O6. The van der Waals surface area contributed by atoms with Gasteiger partial charge < -0.3 is 25.2 Å². The summed E-state index contributed by atoms with van der Waals surface area (Å²) < 4.78 is 10.7. The van der Waals surface area contributed by atoms with Crippen LogP contribution in [-0.4, -0.2) is 48.7 Å². The molecule has 8 heteroatoms. The molecule has 1 aromatic rings. The van der Waals surface area contributed by atoms with Crippen molar-refractivity contribution >= 4 is 17.8 Å². The van der Waals surface area contributed by atoms with Crippen molar-refractivity contribution < 1.29 is 29.0 Å². The third-order valence-electron chi connectivity index (χ3n) is 4.35. The number of ether oxygens (including phenoxy) is 2. The van der Waals surface area contributed by atoms with E-state index in [1.54, 1.807) is 12.1 Å². The maximum atomic E-state index is 12.4. The van der Waals surface area contributed by atoms with Crippen LogP contribution >= 0.6 is 0 Å². The van der Waals surface area contributed by atoms with E-state index in [1.165, 1.54) is 13.2 Å². The van der Waals surface area contributed by atoms with Crippen molar-refractivity contribution in [1.29, 1.82) is 0 Å². The number of rotatable bonds is 8. The summed E-state index contributed by atoms with van der Waals surface area (Å²) in [7, 11) is 1.45. The van der Waals surface area contributed by atoms with E-state index in [1.807, 2.05) is 13.8 Å². The number of carboxylic acids is 1. The fraction of sp³-hybridized carbons (Fsp3) is 0.526. The Morgan fingerprint density at radius 2 is 1.96 bits per heavy atom. The molecule has 0 bridgehead atoms. The van der Waals surface area contributed by atoms with E-state index in [9.17, 15) is 14.4 Å². The molecule has 1 aliphatic rings. The molecule has 0 heterocycles. The second-order valence-electron chi connectivity index (χ2n) is 6.90. The van der Waals surface area contributed by atoms with E-state index in [0.717, 1.165) is 0 Å². The zero-order valence-electron chi connectivity index (χ0n) is 15.8. The lowest BCUT2D eigenvalue weighted by atomic mass is 10.1. The Labute approximate surface area is 158 Å². The summed E-state index contributed by atoms with van der Waals surface area (Å²) >= 11 is 0. The smallest absolute Gasteiger partial charge is 0.306 e. The van der Waals surface area contributed by atoms with Crippen LogP contribution in [0.5, 0.6) is 11.5 Å². The lowest BCUT2D eigenvalue weighted by molar-refractivity contribution is -0.141. The first-order chi connectivity index (χ1) is 12.8. The molecule has 2 atom stereocenters. The van der Waals surface area contributed by atoms with Crippen molar-refractivity contribution in [2.24, 2.45) is 5.92 Å². The van der Waals surface area contributed by atoms with Gasteiger partial charge in [-0.05, 0) is 51.3 Å². The maximum Gasteiger partial charge on any atom is 0.306 e. The predicted octanol–water partition coefficient (Wildman–Crippen LogP) is 1.58. The minimum atomic E-state index is -0.823. The number of hydrogen-bond donors (Lipinski definition) is 3. The topological polar surface area (TPSA) is 114 Å². The lowest BCUT2D eigenvalue weighted by Crippen LogP contribution is -2.34. The summed E-state index contributed by atoms with van der Waals surface area (Å²) in [5, 5.41) is 14.6. The molecular weight excluding hydrogens is 352 g/mol. The van der Waals surface area contributed by atoms with Gasteiger partial charge in [0, 0.05) is 17.6 Å². The van der Waals surface area contributed by atoms with E-state index in [0.29, 0.717) is 36.3 Å². The molecule has 0 aliphatic heterocycles. The second kappa shape index (κ2) is 9.25. The van der Waals surface area contributed by atoms with Crippen LogP contribution in [0.4, 0.5) is 0 Å². The van der Waals surface area contributed by atoms with E-state index >= 15 is 0 Å². The van der Waals surface area contributed by atoms with Crippen LogP contribution in [0, 0.1) is 5.92 Å². The largest absolute Gasteiger partial charge is 0.493 e. The molecule has 0 spiro atoms. The molecule has 27 heavy (non-hydrogen) atoms. The van der Waals surface area contributed by atoms with E-state index in [-0.39, 0.29) is 30.5 Å². The van der Waals surface area contributed by atoms with Gasteiger partial charge in [-0.3, -0.25) is 14.4 Å². The highest BCUT2D eigenvalue weighted by molar-refractivity contribution is 5.95. The molecule has 0 saturated heterocycles. The summed E-state index contributed by atoms with van der Waals surface area (Å²) in [4.78, 5) is 35.1. The Balaban J connectivity index is 1.97. The Morgan fingerprint density at radius 1 is 1.22 bits per heavy atom. The van der Waals surface area contributed by atoms with Crippen LogP contribution in [0.3, 0.4) is 0 Å². The minimum Gasteiger partial charge on any atom is -0.493 e. The van der Waals surface area contributed by atoms with Gasteiger partial charge in [-0.25, -0.2) is 0 Å². The zero-order valence-corrected chi connectivity index (χ0v) is 15.8. The third kappa shape index (κ3) is 5.87. The van der Waals surface area contributed by atoms with Gasteiger partial charge in [0.25, 0.3) is 11.8 Å². The van der Waals surface area contributed by atoms with Gasteiger partial charge in [0.15, 0.2) is 18.1 Å². The predicted molar refractivity (Wildman–Crippen MR) is 98.0 cm³/mol. The van der Waals surface area contributed by atoms with Gasteiger partial charge >= 0.3 is 5.97 Å². The Hall–Kier alpha value is -2.77.